The molecule has 0 bridgehead atoms. The first-order valence-electron chi connectivity index (χ1n) is 11.4. The number of aromatic nitrogens is 2. The Balaban J connectivity index is 1.17. The van der Waals surface area contributed by atoms with Crippen LogP contribution >= 0.6 is 0 Å². The van der Waals surface area contributed by atoms with Crippen molar-refractivity contribution in [3.05, 3.63) is 59.7 Å². The number of carbonyl (C=O) groups excluding carboxylic acids is 2. The summed E-state index contributed by atoms with van der Waals surface area (Å²) >= 11 is 0. The third kappa shape index (κ3) is 4.25. The number of nitrogens with zero attached hydrogens (tertiary/aromatic N) is 4. The molecule has 1 aromatic carbocycles. The minimum absolute atomic E-state index is 0.169. The summed E-state index contributed by atoms with van der Waals surface area (Å²) in [6.45, 7) is 4.29. The zero-order valence-corrected chi connectivity index (χ0v) is 19.0. The van der Waals surface area contributed by atoms with Gasteiger partial charge in [0.05, 0.1) is 24.4 Å². The fourth-order valence-corrected chi connectivity index (χ4v) is 4.42. The van der Waals surface area contributed by atoms with Gasteiger partial charge in [0, 0.05) is 43.5 Å². The topological polar surface area (TPSA) is 76.4 Å². The minimum Gasteiger partial charge on any atom is -0.497 e. The number of pyridine rings is 1. The van der Waals surface area contributed by atoms with Crippen molar-refractivity contribution in [3.8, 4) is 5.75 Å². The van der Waals surface area contributed by atoms with E-state index in [4.69, 9.17) is 9.47 Å². The lowest BCUT2D eigenvalue weighted by Crippen LogP contribution is -2.49. The molecule has 1 aliphatic carbocycles. The van der Waals surface area contributed by atoms with E-state index in [0.717, 1.165) is 54.4 Å². The zero-order chi connectivity index (χ0) is 22.9. The molecule has 8 heteroatoms. The highest BCUT2D eigenvalue weighted by Crippen LogP contribution is 2.39. The Morgan fingerprint density at radius 1 is 1.03 bits per heavy atom. The van der Waals surface area contributed by atoms with E-state index in [2.05, 4.69) is 9.88 Å². The van der Waals surface area contributed by atoms with E-state index in [1.807, 2.05) is 47.9 Å². The van der Waals surface area contributed by atoms with Crippen LogP contribution < -0.4 is 9.64 Å². The normalized spacial score (nSPS) is 16.2. The number of carbonyl (C=O) groups is 2. The standard InChI is InChI=1S/C25H28N4O4/c1-17-22(10-7-20-15-26-24(29(17)20)18-3-4-18)25(31)33-16-23(30)28-13-11-27(12-14-28)19-5-8-21(32-2)9-6-19/h5-10,15,18H,3-4,11-14,16H2,1-2H3. The van der Waals surface area contributed by atoms with Gasteiger partial charge in [0.25, 0.3) is 5.91 Å². The van der Waals surface area contributed by atoms with Crippen molar-refractivity contribution >= 4 is 23.1 Å². The summed E-state index contributed by atoms with van der Waals surface area (Å²) in [5.41, 5.74) is 3.35. The number of piperazine rings is 1. The molecule has 8 nitrogen and oxygen atoms in total. The number of methoxy groups -OCH3 is 1. The second-order valence-corrected chi connectivity index (χ2v) is 8.63. The van der Waals surface area contributed by atoms with E-state index in [1.165, 1.54) is 0 Å². The van der Waals surface area contributed by atoms with E-state index < -0.39 is 5.97 Å². The highest BCUT2D eigenvalue weighted by Gasteiger charge is 2.29. The Morgan fingerprint density at radius 2 is 1.76 bits per heavy atom. The van der Waals surface area contributed by atoms with Crippen LogP contribution in [-0.4, -0.2) is 66.1 Å². The van der Waals surface area contributed by atoms with E-state index in [0.29, 0.717) is 24.6 Å². The Morgan fingerprint density at radius 3 is 2.42 bits per heavy atom. The van der Waals surface area contributed by atoms with Gasteiger partial charge in [-0.25, -0.2) is 9.78 Å². The fourth-order valence-electron chi connectivity index (χ4n) is 4.42. The summed E-state index contributed by atoms with van der Waals surface area (Å²) < 4.78 is 12.7. The number of rotatable bonds is 6. The molecule has 1 aliphatic heterocycles. The average Bonchev–Trinajstić information content (AvgIpc) is 3.61. The number of hydrogen-bond acceptors (Lipinski definition) is 6. The van der Waals surface area contributed by atoms with E-state index in [-0.39, 0.29) is 12.5 Å². The van der Waals surface area contributed by atoms with Crippen LogP contribution in [0, 0.1) is 6.92 Å². The van der Waals surface area contributed by atoms with Crippen LogP contribution in [0.5, 0.6) is 5.75 Å². The first-order chi connectivity index (χ1) is 16.0. The van der Waals surface area contributed by atoms with Gasteiger partial charge in [-0.1, -0.05) is 0 Å². The highest BCUT2D eigenvalue weighted by atomic mass is 16.5. The predicted molar refractivity (Wildman–Crippen MR) is 124 cm³/mol. The maximum Gasteiger partial charge on any atom is 0.340 e. The van der Waals surface area contributed by atoms with Crippen molar-refractivity contribution in [1.29, 1.82) is 0 Å². The van der Waals surface area contributed by atoms with Crippen LogP contribution in [0.1, 0.15) is 40.6 Å². The van der Waals surface area contributed by atoms with Gasteiger partial charge in [0.1, 0.15) is 11.6 Å². The van der Waals surface area contributed by atoms with Crippen molar-refractivity contribution in [3.63, 3.8) is 0 Å². The minimum atomic E-state index is -0.477. The average molecular weight is 449 g/mol. The molecular weight excluding hydrogens is 420 g/mol. The van der Waals surface area contributed by atoms with Crippen molar-refractivity contribution in [2.24, 2.45) is 0 Å². The summed E-state index contributed by atoms with van der Waals surface area (Å²) in [5.74, 6) is 1.65. The van der Waals surface area contributed by atoms with Crippen molar-refractivity contribution < 1.29 is 19.1 Å². The van der Waals surface area contributed by atoms with Gasteiger partial charge in [-0.05, 0) is 56.2 Å². The lowest BCUT2D eigenvalue weighted by atomic mass is 10.2. The number of fused-ring (bicyclic) bond motifs is 1. The second kappa shape index (κ2) is 8.77. The molecule has 0 spiro atoms. The third-order valence-electron chi connectivity index (χ3n) is 6.52. The first kappa shape index (κ1) is 21.3. The molecule has 2 aliphatic rings. The maximum absolute atomic E-state index is 12.8. The maximum atomic E-state index is 12.8. The van der Waals surface area contributed by atoms with Gasteiger partial charge in [0.2, 0.25) is 0 Å². The van der Waals surface area contributed by atoms with Crippen molar-refractivity contribution in [2.75, 3.05) is 44.8 Å². The number of amides is 1. The van der Waals surface area contributed by atoms with Gasteiger partial charge in [-0.2, -0.15) is 0 Å². The number of aryl methyl sites for hydroxylation is 1. The summed E-state index contributed by atoms with van der Waals surface area (Å²) in [7, 11) is 1.65. The summed E-state index contributed by atoms with van der Waals surface area (Å²) in [4.78, 5) is 33.9. The van der Waals surface area contributed by atoms with Gasteiger partial charge in [-0.15, -0.1) is 0 Å². The van der Waals surface area contributed by atoms with Gasteiger partial charge >= 0.3 is 5.97 Å². The Hall–Kier alpha value is -3.55. The molecular formula is C25H28N4O4. The smallest absolute Gasteiger partial charge is 0.340 e. The van der Waals surface area contributed by atoms with Crippen molar-refractivity contribution in [1.82, 2.24) is 14.3 Å². The highest BCUT2D eigenvalue weighted by molar-refractivity contribution is 5.93. The van der Waals surface area contributed by atoms with Crippen LogP contribution in [0.3, 0.4) is 0 Å². The van der Waals surface area contributed by atoms with Gasteiger partial charge in [-0.3, -0.25) is 9.20 Å². The lowest BCUT2D eigenvalue weighted by Gasteiger charge is -2.36. The first-order valence-corrected chi connectivity index (χ1v) is 11.4. The number of ether oxygens (including phenoxy) is 2. The van der Waals surface area contributed by atoms with Crippen LogP contribution in [0.25, 0.3) is 5.52 Å². The molecule has 1 amide bonds. The molecule has 0 atom stereocenters. The molecule has 1 saturated carbocycles. The molecule has 3 heterocycles. The molecule has 33 heavy (non-hydrogen) atoms. The second-order valence-electron chi connectivity index (χ2n) is 8.63. The number of benzene rings is 1. The van der Waals surface area contributed by atoms with Crippen LogP contribution in [-0.2, 0) is 9.53 Å². The Bertz CT molecular complexity index is 1180. The third-order valence-corrected chi connectivity index (χ3v) is 6.52. The molecule has 172 valence electrons. The molecule has 3 aromatic rings. The fraction of sp³-hybridized carbons (Fsp3) is 0.400. The molecule has 0 N–H and O–H groups in total. The molecule has 2 fully saturated rings. The number of esters is 1. The number of imidazole rings is 1. The monoisotopic (exact) mass is 448 g/mol. The van der Waals surface area contributed by atoms with E-state index in [9.17, 15) is 9.59 Å². The molecule has 0 radical (unpaired) electrons. The summed E-state index contributed by atoms with van der Waals surface area (Å²) in [6.07, 6.45) is 4.10. The van der Waals surface area contributed by atoms with E-state index in [1.54, 1.807) is 18.1 Å². The molecule has 0 unspecified atom stereocenters. The van der Waals surface area contributed by atoms with Gasteiger partial charge in [0.15, 0.2) is 6.61 Å². The number of hydrogen-bond donors (Lipinski definition) is 0. The van der Waals surface area contributed by atoms with Gasteiger partial charge < -0.3 is 19.3 Å². The van der Waals surface area contributed by atoms with E-state index >= 15 is 0 Å². The zero-order valence-electron chi connectivity index (χ0n) is 19.0. The Kier molecular flexibility index (Phi) is 5.66. The lowest BCUT2D eigenvalue weighted by molar-refractivity contribution is -0.134. The summed E-state index contributed by atoms with van der Waals surface area (Å²) in [5, 5.41) is 0. The quantitative estimate of drug-likeness (QED) is 0.540. The summed E-state index contributed by atoms with van der Waals surface area (Å²) in [6, 6.07) is 11.5. The SMILES string of the molecule is COc1ccc(N2CCN(C(=O)COC(=O)c3ccc4cnc(C5CC5)n4c3C)CC2)cc1. The molecule has 5 rings (SSSR count). The predicted octanol–water partition coefficient (Wildman–Crippen LogP) is 3.03. The Labute approximate surface area is 192 Å². The largest absolute Gasteiger partial charge is 0.497 e. The van der Waals surface area contributed by atoms with Crippen LogP contribution in [0.15, 0.2) is 42.6 Å². The molecule has 1 saturated heterocycles. The van der Waals surface area contributed by atoms with Crippen molar-refractivity contribution in [2.45, 2.75) is 25.7 Å². The van der Waals surface area contributed by atoms with Crippen LogP contribution in [0.4, 0.5) is 5.69 Å². The van der Waals surface area contributed by atoms with Crippen LogP contribution in [0.2, 0.25) is 0 Å². The number of anilines is 1. The molecule has 2 aromatic heterocycles.